The van der Waals surface area contributed by atoms with E-state index in [0.29, 0.717) is 5.56 Å². The van der Waals surface area contributed by atoms with Gasteiger partial charge in [0.2, 0.25) is 0 Å². The molecule has 2 rings (SSSR count). The lowest BCUT2D eigenvalue weighted by atomic mass is 10.2. The maximum Gasteiger partial charge on any atom is 0.501 e. The summed E-state index contributed by atoms with van der Waals surface area (Å²) in [4.78, 5) is -0.870. The third kappa shape index (κ3) is 3.64. The second-order valence-corrected chi connectivity index (χ2v) is 6.88. The van der Waals surface area contributed by atoms with Crippen LogP contribution in [0.1, 0.15) is 11.1 Å². The average molecular weight is 348 g/mol. The van der Waals surface area contributed by atoms with Crippen LogP contribution in [0.5, 0.6) is 11.5 Å². The summed E-state index contributed by atoms with van der Waals surface area (Å²) in [7, 11) is -5.42. The first-order valence-electron chi connectivity index (χ1n) is 6.38. The highest BCUT2D eigenvalue weighted by Crippen LogP contribution is 2.33. The fourth-order valence-electron chi connectivity index (χ4n) is 1.93. The van der Waals surface area contributed by atoms with Gasteiger partial charge in [-0.2, -0.15) is 13.2 Å². The summed E-state index contributed by atoms with van der Waals surface area (Å²) in [6, 6.07) is 6.73. The largest absolute Gasteiger partial charge is 0.501 e. The lowest BCUT2D eigenvalue weighted by Gasteiger charge is -2.12. The molecule has 0 spiro atoms. The Hall–Kier alpha value is -2.09. The van der Waals surface area contributed by atoms with Crippen LogP contribution >= 0.6 is 0 Å². The molecule has 0 fully saturated rings. The SMILES string of the molecule is Cc1cc(F)cc(Oc2ccc(S(=O)(=O)C(F)(F)F)cc2C)c1. The Labute approximate surface area is 130 Å². The Morgan fingerprint density at radius 2 is 1.65 bits per heavy atom. The minimum absolute atomic E-state index is 0.135. The third-order valence-electron chi connectivity index (χ3n) is 3.00. The van der Waals surface area contributed by atoms with Gasteiger partial charge in [-0.05, 0) is 55.3 Å². The molecule has 0 amide bonds. The molecule has 0 saturated carbocycles. The molecule has 0 aliphatic rings. The fourth-order valence-corrected chi connectivity index (χ4v) is 2.77. The zero-order valence-electron chi connectivity index (χ0n) is 12.1. The Morgan fingerprint density at radius 3 is 2.17 bits per heavy atom. The van der Waals surface area contributed by atoms with Crippen molar-refractivity contribution in [3.8, 4) is 11.5 Å². The number of halogens is 4. The van der Waals surface area contributed by atoms with Crippen molar-refractivity contribution in [2.24, 2.45) is 0 Å². The molecular formula is C15H12F4O3S. The van der Waals surface area contributed by atoms with Gasteiger partial charge < -0.3 is 4.74 Å². The summed E-state index contributed by atoms with van der Waals surface area (Å²) in [5, 5.41) is 0. The number of hydrogen-bond donors (Lipinski definition) is 0. The molecule has 2 aromatic carbocycles. The maximum absolute atomic E-state index is 13.3. The predicted octanol–water partition coefficient (Wildman–Crippen LogP) is 4.53. The Kier molecular flexibility index (Phi) is 4.39. The van der Waals surface area contributed by atoms with Crippen molar-refractivity contribution in [1.82, 2.24) is 0 Å². The van der Waals surface area contributed by atoms with Crippen molar-refractivity contribution in [3.05, 3.63) is 53.3 Å². The lowest BCUT2D eigenvalue weighted by molar-refractivity contribution is -0.0436. The van der Waals surface area contributed by atoms with Crippen LogP contribution in [0.25, 0.3) is 0 Å². The summed E-state index contributed by atoms with van der Waals surface area (Å²) < 4.78 is 79.0. The van der Waals surface area contributed by atoms with Gasteiger partial charge in [0.15, 0.2) is 0 Å². The highest BCUT2D eigenvalue weighted by Gasteiger charge is 2.46. The van der Waals surface area contributed by atoms with Gasteiger partial charge in [-0.3, -0.25) is 0 Å². The Balaban J connectivity index is 2.37. The van der Waals surface area contributed by atoms with E-state index in [1.165, 1.54) is 13.0 Å². The highest BCUT2D eigenvalue weighted by molar-refractivity contribution is 7.92. The van der Waals surface area contributed by atoms with Gasteiger partial charge >= 0.3 is 5.51 Å². The van der Waals surface area contributed by atoms with Gasteiger partial charge in [-0.15, -0.1) is 0 Å². The number of alkyl halides is 3. The van der Waals surface area contributed by atoms with Crippen molar-refractivity contribution in [2.45, 2.75) is 24.3 Å². The standard InChI is InChI=1S/C15H12F4O3S/c1-9-5-11(16)8-12(6-9)22-14-4-3-13(7-10(14)2)23(20,21)15(17,18)19/h3-8H,1-2H3. The van der Waals surface area contributed by atoms with Crippen LogP contribution in [-0.2, 0) is 9.84 Å². The van der Waals surface area contributed by atoms with E-state index in [1.807, 2.05) is 0 Å². The third-order valence-corrected chi connectivity index (χ3v) is 4.49. The first-order valence-corrected chi connectivity index (χ1v) is 7.86. The molecule has 0 heterocycles. The van der Waals surface area contributed by atoms with E-state index in [4.69, 9.17) is 4.74 Å². The van der Waals surface area contributed by atoms with Gasteiger partial charge in [0.25, 0.3) is 9.84 Å². The quantitative estimate of drug-likeness (QED) is 0.766. The van der Waals surface area contributed by atoms with Crippen molar-refractivity contribution in [1.29, 1.82) is 0 Å². The number of rotatable bonds is 3. The average Bonchev–Trinajstić information content (AvgIpc) is 2.38. The number of benzene rings is 2. The minimum atomic E-state index is -5.42. The lowest BCUT2D eigenvalue weighted by Crippen LogP contribution is -2.23. The van der Waals surface area contributed by atoms with Crippen LogP contribution in [0.15, 0.2) is 41.3 Å². The topological polar surface area (TPSA) is 43.4 Å². The first kappa shape index (κ1) is 17.3. The molecule has 8 heteroatoms. The summed E-state index contributed by atoms with van der Waals surface area (Å²) >= 11 is 0. The Morgan fingerprint density at radius 1 is 1.00 bits per heavy atom. The second-order valence-electron chi connectivity index (χ2n) is 4.94. The Bertz CT molecular complexity index is 822. The molecule has 0 aromatic heterocycles. The molecule has 0 aliphatic carbocycles. The molecule has 23 heavy (non-hydrogen) atoms. The highest BCUT2D eigenvalue weighted by atomic mass is 32.2. The molecule has 2 aromatic rings. The molecule has 0 aliphatic heterocycles. The number of hydrogen-bond acceptors (Lipinski definition) is 3. The van der Waals surface area contributed by atoms with E-state index in [9.17, 15) is 26.0 Å². The molecule has 3 nitrogen and oxygen atoms in total. The van der Waals surface area contributed by atoms with Crippen molar-refractivity contribution in [3.63, 3.8) is 0 Å². The van der Waals surface area contributed by atoms with E-state index in [-0.39, 0.29) is 17.1 Å². The van der Waals surface area contributed by atoms with Crippen LogP contribution in [0.3, 0.4) is 0 Å². The van der Waals surface area contributed by atoms with E-state index in [1.54, 1.807) is 13.0 Å². The van der Waals surface area contributed by atoms with E-state index in [0.717, 1.165) is 24.3 Å². The van der Waals surface area contributed by atoms with Crippen LogP contribution in [-0.4, -0.2) is 13.9 Å². The van der Waals surface area contributed by atoms with Gasteiger partial charge in [-0.1, -0.05) is 0 Å². The molecule has 0 atom stereocenters. The molecule has 0 saturated heterocycles. The van der Waals surface area contributed by atoms with Crippen molar-refractivity contribution in [2.75, 3.05) is 0 Å². The van der Waals surface area contributed by atoms with E-state index in [2.05, 4.69) is 0 Å². The normalized spacial score (nSPS) is 12.3. The first-order chi connectivity index (χ1) is 10.5. The molecule has 0 N–H and O–H groups in total. The maximum atomic E-state index is 13.3. The molecule has 0 bridgehead atoms. The van der Waals surface area contributed by atoms with Crippen LogP contribution in [0, 0.1) is 19.7 Å². The summed E-state index contributed by atoms with van der Waals surface area (Å²) in [5.41, 5.74) is -4.59. The molecule has 124 valence electrons. The van der Waals surface area contributed by atoms with Gasteiger partial charge in [0.05, 0.1) is 4.90 Å². The zero-order valence-corrected chi connectivity index (χ0v) is 12.9. The monoisotopic (exact) mass is 348 g/mol. The molecule has 0 radical (unpaired) electrons. The number of ether oxygens (including phenoxy) is 1. The zero-order chi connectivity index (χ0) is 17.4. The summed E-state index contributed by atoms with van der Waals surface area (Å²) in [6.45, 7) is 3.05. The second kappa shape index (κ2) is 5.84. The van der Waals surface area contributed by atoms with Crippen LogP contribution in [0.4, 0.5) is 17.6 Å². The van der Waals surface area contributed by atoms with Crippen molar-refractivity contribution >= 4 is 9.84 Å². The summed E-state index contributed by atoms with van der Waals surface area (Å²) in [5.74, 6) is -0.220. The predicted molar refractivity (Wildman–Crippen MR) is 75.6 cm³/mol. The minimum Gasteiger partial charge on any atom is -0.457 e. The van der Waals surface area contributed by atoms with Crippen molar-refractivity contribution < 1.29 is 30.7 Å². The summed E-state index contributed by atoms with van der Waals surface area (Å²) in [6.07, 6.45) is 0. The van der Waals surface area contributed by atoms with Gasteiger partial charge in [0.1, 0.15) is 17.3 Å². The molecule has 0 unspecified atom stereocenters. The van der Waals surface area contributed by atoms with Gasteiger partial charge in [0, 0.05) is 6.07 Å². The number of sulfone groups is 1. The smallest absolute Gasteiger partial charge is 0.457 e. The molecular weight excluding hydrogens is 336 g/mol. The van der Waals surface area contributed by atoms with Gasteiger partial charge in [-0.25, -0.2) is 12.8 Å². The van der Waals surface area contributed by atoms with E-state index >= 15 is 0 Å². The van der Waals surface area contributed by atoms with Crippen LogP contribution < -0.4 is 4.74 Å². The fraction of sp³-hybridized carbons (Fsp3) is 0.200. The van der Waals surface area contributed by atoms with Crippen LogP contribution in [0.2, 0.25) is 0 Å². The number of aryl methyl sites for hydroxylation is 2. The van der Waals surface area contributed by atoms with E-state index < -0.39 is 26.1 Å².